The predicted octanol–water partition coefficient (Wildman–Crippen LogP) is 1.40. The molecule has 3 rings (SSSR count). The highest BCUT2D eigenvalue weighted by Gasteiger charge is 2.76. The molecule has 3 saturated carbocycles. The van der Waals surface area contributed by atoms with Gasteiger partial charge in [-0.25, -0.2) is 4.79 Å². The van der Waals surface area contributed by atoms with Crippen molar-refractivity contribution in [2.45, 2.75) is 44.6 Å². The van der Waals surface area contributed by atoms with Gasteiger partial charge in [-0.2, -0.15) is 0 Å². The number of aliphatic carboxylic acids is 1. The third kappa shape index (κ3) is 0.800. The van der Waals surface area contributed by atoms with E-state index in [9.17, 15) is 9.90 Å². The molecule has 0 aromatic carbocycles. The Hall–Kier alpha value is -0.570. The van der Waals surface area contributed by atoms with Crippen molar-refractivity contribution >= 4 is 5.97 Å². The molecule has 3 nitrogen and oxygen atoms in total. The van der Waals surface area contributed by atoms with Crippen LogP contribution in [0.25, 0.3) is 0 Å². The van der Waals surface area contributed by atoms with E-state index in [2.05, 4.69) is 0 Å². The molecule has 0 aromatic rings. The number of aliphatic hydroxyl groups excluding tert-OH is 1. The van der Waals surface area contributed by atoms with E-state index < -0.39 is 12.1 Å². The van der Waals surface area contributed by atoms with Crippen molar-refractivity contribution in [1.82, 2.24) is 0 Å². The van der Waals surface area contributed by atoms with E-state index >= 15 is 0 Å². The van der Waals surface area contributed by atoms with Gasteiger partial charge in [0.25, 0.3) is 0 Å². The third-order valence-corrected chi connectivity index (χ3v) is 4.94. The third-order valence-electron chi connectivity index (χ3n) is 4.94. The molecule has 2 N–H and O–H groups in total. The molecule has 2 bridgehead atoms. The van der Waals surface area contributed by atoms with Gasteiger partial charge in [0.05, 0.1) is 0 Å². The largest absolute Gasteiger partial charge is 0.479 e. The minimum atomic E-state index is -1.11. The second kappa shape index (κ2) is 2.32. The van der Waals surface area contributed by atoms with E-state index in [-0.39, 0.29) is 10.8 Å². The van der Waals surface area contributed by atoms with Crippen molar-refractivity contribution in [2.75, 3.05) is 0 Å². The molecule has 1 spiro atoms. The Morgan fingerprint density at radius 1 is 1.43 bits per heavy atom. The van der Waals surface area contributed by atoms with Gasteiger partial charge >= 0.3 is 5.97 Å². The summed E-state index contributed by atoms with van der Waals surface area (Å²) in [6, 6.07) is 0. The molecular weight excluding hydrogens is 180 g/mol. The maximum Gasteiger partial charge on any atom is 0.333 e. The lowest BCUT2D eigenvalue weighted by molar-refractivity contribution is -0.151. The van der Waals surface area contributed by atoms with Crippen LogP contribution in [0.4, 0.5) is 0 Å². The summed E-state index contributed by atoms with van der Waals surface area (Å²) in [6.45, 7) is 0. The number of aliphatic hydroxyl groups is 1. The molecule has 0 heterocycles. The van der Waals surface area contributed by atoms with E-state index in [1.54, 1.807) is 0 Å². The van der Waals surface area contributed by atoms with Crippen LogP contribution in [0.5, 0.6) is 0 Å². The van der Waals surface area contributed by atoms with Crippen molar-refractivity contribution in [3.8, 4) is 0 Å². The number of hydrogen-bond donors (Lipinski definition) is 2. The normalized spacial score (nSPS) is 51.1. The van der Waals surface area contributed by atoms with Gasteiger partial charge in [0, 0.05) is 5.41 Å². The van der Waals surface area contributed by atoms with Gasteiger partial charge in [0.15, 0.2) is 6.10 Å². The topological polar surface area (TPSA) is 57.5 Å². The molecular formula is C11H16O3. The first-order valence-electron chi connectivity index (χ1n) is 5.51. The number of carbonyl (C=O) groups is 1. The Labute approximate surface area is 83.1 Å². The summed E-state index contributed by atoms with van der Waals surface area (Å²) < 4.78 is 0. The van der Waals surface area contributed by atoms with Crippen LogP contribution in [0, 0.1) is 16.7 Å². The van der Waals surface area contributed by atoms with Gasteiger partial charge < -0.3 is 10.2 Å². The zero-order valence-corrected chi connectivity index (χ0v) is 8.20. The summed E-state index contributed by atoms with van der Waals surface area (Å²) in [7, 11) is 0. The zero-order valence-electron chi connectivity index (χ0n) is 8.20. The SMILES string of the molecule is O=C(O)C(O)C12CC3CCCC1(C3)C2. The van der Waals surface area contributed by atoms with E-state index in [4.69, 9.17) is 5.11 Å². The Balaban J connectivity index is 1.90. The predicted molar refractivity (Wildman–Crippen MR) is 49.7 cm³/mol. The molecule has 3 heteroatoms. The lowest BCUT2D eigenvalue weighted by atomic mass is 9.83. The summed E-state index contributed by atoms with van der Waals surface area (Å²) in [5.74, 6) is -0.319. The Morgan fingerprint density at radius 2 is 2.21 bits per heavy atom. The highest BCUT2D eigenvalue weighted by molar-refractivity contribution is 5.74. The van der Waals surface area contributed by atoms with E-state index in [1.807, 2.05) is 0 Å². The molecule has 0 aromatic heterocycles. The summed E-state index contributed by atoms with van der Waals surface area (Å²) in [6.07, 6.45) is 5.62. The summed E-state index contributed by atoms with van der Waals surface area (Å²) in [5, 5.41) is 18.7. The van der Waals surface area contributed by atoms with Crippen molar-refractivity contribution < 1.29 is 15.0 Å². The summed E-state index contributed by atoms with van der Waals surface area (Å²) >= 11 is 0. The van der Waals surface area contributed by atoms with Gasteiger partial charge in [-0.15, -0.1) is 0 Å². The number of fused-ring (bicyclic) bond motifs is 1. The molecule has 4 unspecified atom stereocenters. The minimum absolute atomic E-state index is 0.222. The number of carboxylic acid groups (broad SMARTS) is 1. The first kappa shape index (κ1) is 8.72. The zero-order chi connectivity index (χ0) is 9.97. The molecule has 4 atom stereocenters. The second-order valence-corrected chi connectivity index (χ2v) is 5.52. The van der Waals surface area contributed by atoms with Crippen molar-refractivity contribution in [3.63, 3.8) is 0 Å². The van der Waals surface area contributed by atoms with Crippen LogP contribution in [0.15, 0.2) is 0 Å². The fourth-order valence-corrected chi connectivity index (χ4v) is 4.37. The van der Waals surface area contributed by atoms with Gasteiger partial charge in [-0.05, 0) is 37.0 Å². The first-order valence-corrected chi connectivity index (χ1v) is 5.51. The standard InChI is InChI=1S/C11H16O3/c12-8(9(13)14)11-5-7-2-1-3-10(11,4-7)6-11/h7-8,12H,1-6H2,(H,13,14). The van der Waals surface area contributed by atoms with Gasteiger partial charge in [-0.3, -0.25) is 0 Å². The average molecular weight is 196 g/mol. The Morgan fingerprint density at radius 3 is 2.86 bits per heavy atom. The highest BCUT2D eigenvalue weighted by Crippen LogP contribution is 2.80. The van der Waals surface area contributed by atoms with Gasteiger partial charge in [0.1, 0.15) is 0 Å². The molecule has 0 amide bonds. The lowest BCUT2D eigenvalue weighted by Crippen LogP contribution is -2.32. The van der Waals surface area contributed by atoms with Crippen LogP contribution in [0.3, 0.4) is 0 Å². The van der Waals surface area contributed by atoms with Crippen LogP contribution in [-0.2, 0) is 4.79 Å². The fourth-order valence-electron chi connectivity index (χ4n) is 4.37. The van der Waals surface area contributed by atoms with Crippen LogP contribution in [0.1, 0.15) is 38.5 Å². The maximum absolute atomic E-state index is 10.9. The molecule has 3 aliphatic carbocycles. The molecule has 78 valence electrons. The van der Waals surface area contributed by atoms with Crippen molar-refractivity contribution in [1.29, 1.82) is 0 Å². The minimum Gasteiger partial charge on any atom is -0.479 e. The van der Waals surface area contributed by atoms with E-state index in [0.29, 0.717) is 5.92 Å². The molecule has 0 aliphatic heterocycles. The quantitative estimate of drug-likeness (QED) is 0.702. The van der Waals surface area contributed by atoms with Gasteiger partial charge in [0.2, 0.25) is 0 Å². The smallest absolute Gasteiger partial charge is 0.333 e. The summed E-state index contributed by atoms with van der Waals surface area (Å²) in [5.41, 5.74) is 0.00766. The molecule has 0 radical (unpaired) electrons. The molecule has 14 heavy (non-hydrogen) atoms. The molecule has 3 fully saturated rings. The average Bonchev–Trinajstić information content (AvgIpc) is 2.65. The van der Waals surface area contributed by atoms with Crippen molar-refractivity contribution in [2.24, 2.45) is 16.7 Å². The lowest BCUT2D eigenvalue weighted by Gasteiger charge is -2.22. The van der Waals surface area contributed by atoms with Crippen LogP contribution in [0.2, 0.25) is 0 Å². The number of rotatable bonds is 2. The number of carboxylic acids is 1. The molecule has 3 aliphatic rings. The second-order valence-electron chi connectivity index (χ2n) is 5.52. The van der Waals surface area contributed by atoms with Crippen LogP contribution < -0.4 is 0 Å². The fraction of sp³-hybridized carbons (Fsp3) is 0.909. The molecule has 0 saturated heterocycles. The monoisotopic (exact) mass is 196 g/mol. The summed E-state index contributed by atoms with van der Waals surface area (Å²) in [4.78, 5) is 10.9. The van der Waals surface area contributed by atoms with Gasteiger partial charge in [-0.1, -0.05) is 12.8 Å². The van der Waals surface area contributed by atoms with E-state index in [0.717, 1.165) is 19.3 Å². The van der Waals surface area contributed by atoms with Crippen LogP contribution in [-0.4, -0.2) is 22.3 Å². The number of hydrogen-bond acceptors (Lipinski definition) is 2. The first-order chi connectivity index (χ1) is 6.60. The van der Waals surface area contributed by atoms with Crippen molar-refractivity contribution in [3.05, 3.63) is 0 Å². The van der Waals surface area contributed by atoms with Crippen LogP contribution >= 0.6 is 0 Å². The highest BCUT2D eigenvalue weighted by atomic mass is 16.4. The Bertz CT molecular complexity index is 301. The Kier molecular flexibility index (Phi) is 1.45. The maximum atomic E-state index is 10.9. The van der Waals surface area contributed by atoms with E-state index in [1.165, 1.54) is 19.3 Å².